The van der Waals surface area contributed by atoms with Crippen molar-refractivity contribution in [2.75, 3.05) is 19.1 Å². The lowest BCUT2D eigenvalue weighted by molar-refractivity contribution is 0.0992. The van der Waals surface area contributed by atoms with Crippen molar-refractivity contribution in [3.05, 3.63) is 52.5 Å². The van der Waals surface area contributed by atoms with Crippen LogP contribution in [-0.2, 0) is 10.0 Å². The van der Waals surface area contributed by atoms with Crippen LogP contribution in [0.2, 0.25) is 5.02 Å². The molecule has 0 radical (unpaired) electrons. The van der Waals surface area contributed by atoms with Gasteiger partial charge in [0.15, 0.2) is 0 Å². The smallest absolute Gasteiger partial charge is 0.258 e. The standard InChI is InChI=1S/C20H25ClN2O4S/c1-13-7-9-15(12-16(13)21)23(5)19(24)14-8-10-17(27-6)18(11-14)28(25,26)22-20(2,3)4/h7-12,22H,1-6H3. The van der Waals surface area contributed by atoms with E-state index in [1.165, 1.54) is 30.2 Å². The zero-order chi connectivity index (χ0) is 21.3. The van der Waals surface area contributed by atoms with Crippen LogP contribution in [0, 0.1) is 6.92 Å². The van der Waals surface area contributed by atoms with Crippen LogP contribution in [0.4, 0.5) is 5.69 Å². The van der Waals surface area contributed by atoms with Gasteiger partial charge in [-0.1, -0.05) is 17.7 Å². The molecule has 0 aliphatic heterocycles. The minimum absolute atomic E-state index is 0.0916. The van der Waals surface area contributed by atoms with Crippen molar-refractivity contribution in [3.8, 4) is 5.75 Å². The largest absolute Gasteiger partial charge is 0.495 e. The molecule has 2 aromatic carbocycles. The second-order valence-electron chi connectivity index (χ2n) is 7.52. The SMILES string of the molecule is COc1ccc(C(=O)N(C)c2ccc(C)c(Cl)c2)cc1S(=O)(=O)NC(C)(C)C. The molecule has 0 fully saturated rings. The van der Waals surface area contributed by atoms with Crippen molar-refractivity contribution in [1.82, 2.24) is 4.72 Å². The van der Waals surface area contributed by atoms with Crippen molar-refractivity contribution in [1.29, 1.82) is 0 Å². The Hall–Kier alpha value is -2.09. The number of hydrogen-bond acceptors (Lipinski definition) is 4. The lowest BCUT2D eigenvalue weighted by Gasteiger charge is -2.22. The van der Waals surface area contributed by atoms with E-state index >= 15 is 0 Å². The molecule has 0 unspecified atom stereocenters. The first-order valence-corrected chi connectivity index (χ1v) is 10.5. The van der Waals surface area contributed by atoms with Crippen LogP contribution in [0.3, 0.4) is 0 Å². The molecular formula is C20H25ClN2O4S. The first-order chi connectivity index (χ1) is 12.9. The van der Waals surface area contributed by atoms with Crippen molar-refractivity contribution in [2.45, 2.75) is 38.1 Å². The molecule has 2 rings (SSSR count). The molecular weight excluding hydrogens is 400 g/mol. The number of amides is 1. The van der Waals surface area contributed by atoms with Crippen LogP contribution in [-0.4, -0.2) is 34.0 Å². The lowest BCUT2D eigenvalue weighted by Crippen LogP contribution is -2.40. The molecule has 0 heterocycles. The molecule has 0 atom stereocenters. The van der Waals surface area contributed by atoms with Crippen molar-refractivity contribution < 1.29 is 17.9 Å². The lowest BCUT2D eigenvalue weighted by atomic mass is 10.1. The summed E-state index contributed by atoms with van der Waals surface area (Å²) >= 11 is 6.15. The van der Waals surface area contributed by atoms with E-state index < -0.39 is 15.6 Å². The van der Waals surface area contributed by atoms with Crippen LogP contribution < -0.4 is 14.4 Å². The Labute approximate surface area is 171 Å². The van der Waals surface area contributed by atoms with Gasteiger partial charge in [0, 0.05) is 28.9 Å². The van der Waals surface area contributed by atoms with Gasteiger partial charge in [0.1, 0.15) is 10.6 Å². The van der Waals surface area contributed by atoms with Crippen LogP contribution in [0.15, 0.2) is 41.3 Å². The summed E-state index contributed by atoms with van der Waals surface area (Å²) in [6, 6.07) is 9.61. The Morgan fingerprint density at radius 3 is 2.32 bits per heavy atom. The molecule has 2 aromatic rings. The molecule has 1 amide bonds. The van der Waals surface area contributed by atoms with Gasteiger partial charge in [-0.05, 0) is 63.6 Å². The predicted molar refractivity (Wildman–Crippen MR) is 112 cm³/mol. The fourth-order valence-corrected chi connectivity index (χ4v) is 4.37. The third kappa shape index (κ3) is 5.04. The summed E-state index contributed by atoms with van der Waals surface area (Å²) in [6.45, 7) is 7.08. The fraction of sp³-hybridized carbons (Fsp3) is 0.350. The molecule has 0 bridgehead atoms. The molecule has 0 aromatic heterocycles. The van der Waals surface area contributed by atoms with Gasteiger partial charge in [0.25, 0.3) is 5.91 Å². The number of rotatable bonds is 5. The van der Waals surface area contributed by atoms with Gasteiger partial charge in [-0.25, -0.2) is 13.1 Å². The third-order valence-electron chi connectivity index (χ3n) is 3.99. The Morgan fingerprint density at radius 2 is 1.79 bits per heavy atom. The van der Waals surface area contributed by atoms with Crippen molar-refractivity contribution in [3.63, 3.8) is 0 Å². The summed E-state index contributed by atoms with van der Waals surface area (Å²) in [5.74, 6) is -0.205. The van der Waals surface area contributed by atoms with Crippen LogP contribution in [0.25, 0.3) is 0 Å². The molecule has 8 heteroatoms. The zero-order valence-electron chi connectivity index (χ0n) is 16.8. The van der Waals surface area contributed by atoms with E-state index in [9.17, 15) is 13.2 Å². The highest BCUT2D eigenvalue weighted by molar-refractivity contribution is 7.89. The van der Waals surface area contributed by atoms with Crippen molar-refractivity contribution >= 4 is 33.2 Å². The van der Waals surface area contributed by atoms with Gasteiger partial charge in [-0.15, -0.1) is 0 Å². The van der Waals surface area contributed by atoms with Gasteiger partial charge < -0.3 is 9.64 Å². The second kappa shape index (κ2) is 8.11. The average Bonchev–Trinajstić information content (AvgIpc) is 2.60. The Balaban J connectivity index is 2.46. The molecule has 6 nitrogen and oxygen atoms in total. The van der Waals surface area contributed by atoms with E-state index in [4.69, 9.17) is 16.3 Å². The van der Waals surface area contributed by atoms with Crippen LogP contribution in [0.5, 0.6) is 5.75 Å². The number of carbonyl (C=O) groups excluding carboxylic acids is 1. The van der Waals surface area contributed by atoms with Gasteiger partial charge in [0.05, 0.1) is 7.11 Å². The minimum Gasteiger partial charge on any atom is -0.495 e. The van der Waals surface area contributed by atoms with Gasteiger partial charge in [0.2, 0.25) is 10.0 Å². The number of aryl methyl sites for hydroxylation is 1. The molecule has 0 aliphatic carbocycles. The highest BCUT2D eigenvalue weighted by atomic mass is 35.5. The van der Waals surface area contributed by atoms with E-state index in [1.807, 2.05) is 13.0 Å². The molecule has 1 N–H and O–H groups in total. The molecule has 152 valence electrons. The number of ether oxygens (including phenoxy) is 1. The van der Waals surface area contributed by atoms with Gasteiger partial charge in [-0.3, -0.25) is 4.79 Å². The highest BCUT2D eigenvalue weighted by Crippen LogP contribution is 2.28. The third-order valence-corrected chi connectivity index (χ3v) is 6.17. The number of sulfonamides is 1. The molecule has 0 saturated heterocycles. The Morgan fingerprint density at radius 1 is 1.14 bits per heavy atom. The number of hydrogen-bond donors (Lipinski definition) is 1. The minimum atomic E-state index is -3.89. The first-order valence-electron chi connectivity index (χ1n) is 8.62. The normalized spacial score (nSPS) is 12.0. The summed E-state index contributed by atoms with van der Waals surface area (Å²) in [5, 5.41) is 0.546. The number of benzene rings is 2. The molecule has 0 saturated carbocycles. The predicted octanol–water partition coefficient (Wildman–Crippen LogP) is 4.01. The maximum absolute atomic E-state index is 12.9. The first kappa shape index (κ1) is 22.2. The summed E-state index contributed by atoms with van der Waals surface area (Å²) in [7, 11) is -0.898. The summed E-state index contributed by atoms with van der Waals surface area (Å²) in [5.41, 5.74) is 1.04. The number of halogens is 1. The van der Waals surface area contributed by atoms with E-state index in [2.05, 4.69) is 4.72 Å². The van der Waals surface area contributed by atoms with Crippen molar-refractivity contribution in [2.24, 2.45) is 0 Å². The van der Waals surface area contributed by atoms with Crippen LogP contribution >= 0.6 is 11.6 Å². The van der Waals surface area contributed by atoms with Gasteiger partial charge >= 0.3 is 0 Å². The number of methoxy groups -OCH3 is 1. The average molecular weight is 425 g/mol. The highest BCUT2D eigenvalue weighted by Gasteiger charge is 2.27. The molecule has 0 spiro atoms. The maximum atomic E-state index is 12.9. The van der Waals surface area contributed by atoms with Crippen LogP contribution in [0.1, 0.15) is 36.7 Å². The Kier molecular flexibility index (Phi) is 6.43. The number of nitrogens with zero attached hydrogens (tertiary/aromatic N) is 1. The zero-order valence-corrected chi connectivity index (χ0v) is 18.4. The molecule has 0 aliphatic rings. The summed E-state index contributed by atoms with van der Waals surface area (Å²) in [6.07, 6.45) is 0. The monoisotopic (exact) mass is 424 g/mol. The summed E-state index contributed by atoms with van der Waals surface area (Å²) in [4.78, 5) is 14.3. The van der Waals surface area contributed by atoms with E-state index in [0.717, 1.165) is 5.56 Å². The van der Waals surface area contributed by atoms with E-state index in [1.54, 1.807) is 40.0 Å². The molecule has 28 heavy (non-hydrogen) atoms. The fourth-order valence-electron chi connectivity index (χ4n) is 2.58. The topological polar surface area (TPSA) is 75.7 Å². The van der Waals surface area contributed by atoms with Gasteiger partial charge in [-0.2, -0.15) is 0 Å². The Bertz CT molecular complexity index is 998. The van der Waals surface area contributed by atoms with E-state index in [0.29, 0.717) is 10.7 Å². The number of carbonyl (C=O) groups is 1. The second-order valence-corrected chi connectivity index (χ2v) is 9.58. The van der Waals surface area contributed by atoms with E-state index in [-0.39, 0.29) is 22.1 Å². The number of anilines is 1. The quantitative estimate of drug-likeness (QED) is 0.786. The number of nitrogens with one attached hydrogen (secondary N) is 1. The maximum Gasteiger partial charge on any atom is 0.258 e. The summed E-state index contributed by atoms with van der Waals surface area (Å²) < 4.78 is 33.4.